The number of rotatable bonds is 4. The summed E-state index contributed by atoms with van der Waals surface area (Å²) in [6.45, 7) is 36.8. The van der Waals surface area contributed by atoms with Crippen LogP contribution in [0.2, 0.25) is 0 Å². The third-order valence-corrected chi connectivity index (χ3v) is 27.4. The van der Waals surface area contributed by atoms with Crippen LogP contribution in [0.15, 0.2) is 133 Å². The number of nitrogens with zero attached hydrogens (tertiary/aromatic N) is 3. The van der Waals surface area contributed by atoms with Crippen LogP contribution in [-0.2, 0) is 17.1 Å². The molecule has 8 aromatic carbocycles. The van der Waals surface area contributed by atoms with Crippen molar-refractivity contribution in [2.75, 3.05) is 0 Å². The SMILES string of the molecule is Cc1ccc2[nH]c3ccc(C)cc3p(C(C)C)c3cc(C)cc4cc5cc(C)cc(c5nc43)p(C(C)C)c2c1.Cc1ccc2c(c1)[PH+](C(C)C)c1cc(C)cc3cc4cc(C)cc(c4nc13)[PH+](C(C)C)c1cc(C)ccc1[N-]2.[Cu+]. The molecule has 11 aromatic rings. The van der Waals surface area contributed by atoms with E-state index in [2.05, 4.69) is 249 Å². The quantitative estimate of drug-likeness (QED) is 0.108. The van der Waals surface area contributed by atoms with Gasteiger partial charge in [0.2, 0.25) is 0 Å². The fourth-order valence-corrected chi connectivity index (χ4v) is 24.5. The molecule has 0 radical (unpaired) electrons. The number of benzene rings is 8. The molecule has 4 bridgehead atoms. The number of aromatic amines is 1. The van der Waals surface area contributed by atoms with Gasteiger partial charge in [0, 0.05) is 53.1 Å². The molecule has 0 fully saturated rings. The van der Waals surface area contributed by atoms with Crippen molar-refractivity contribution in [1.82, 2.24) is 15.0 Å². The smallest absolute Gasteiger partial charge is 0.651 e. The minimum Gasteiger partial charge on any atom is -0.651 e. The first-order valence-corrected chi connectivity index (χ1v) is 34.2. The summed E-state index contributed by atoms with van der Waals surface area (Å²) in [5, 5.41) is 21.8. The average Bonchev–Trinajstić information content (AvgIpc) is 3.56. The molecule has 3 aromatic heterocycles. The Kier molecular flexibility index (Phi) is 16.3. The second kappa shape index (κ2) is 22.6. The monoisotopic (exact) mass is 1160 g/mol. The first kappa shape index (κ1) is 56.9. The maximum Gasteiger partial charge on any atom is 1.00 e. The van der Waals surface area contributed by atoms with Gasteiger partial charge in [0.25, 0.3) is 0 Å². The molecule has 1 aliphatic heterocycles. The van der Waals surface area contributed by atoms with Crippen LogP contribution in [-0.4, -0.2) is 26.3 Å². The molecular formula is C70H77CuN4P4+2. The Morgan fingerprint density at radius 1 is 0.354 bits per heavy atom. The van der Waals surface area contributed by atoms with Crippen LogP contribution >= 0.6 is 30.9 Å². The maximum absolute atomic E-state index is 5.63. The van der Waals surface area contributed by atoms with Crippen LogP contribution in [0.25, 0.3) is 80.4 Å². The fraction of sp³-hybridized carbons (Fsp3) is 0.286. The standard InChI is InChI=1S/C35H38N2P2.C35H37N2P2.Cu/c2*1-20(2)38-30-15-22(5)9-11-28(30)36-29-12-10-23(6)16-31(29)39(21(3)4)33-18-25(8)14-27-19-26-13-24(7)17-32(38)34(26)37-35(27)33;/h9-21,36H,1-8H3;9-21H,1-8H3;/q;-1;+1/p+2. The van der Waals surface area contributed by atoms with Gasteiger partial charge in [-0.25, -0.2) is 9.97 Å². The summed E-state index contributed by atoms with van der Waals surface area (Å²) in [5.41, 5.74) is 21.7. The minimum atomic E-state index is -1.19. The van der Waals surface area contributed by atoms with Crippen molar-refractivity contribution in [2.24, 2.45) is 0 Å². The van der Waals surface area contributed by atoms with Crippen molar-refractivity contribution < 1.29 is 17.1 Å². The second-order valence-electron chi connectivity index (χ2n) is 23.8. The van der Waals surface area contributed by atoms with Crippen LogP contribution < -0.4 is 21.2 Å². The molecule has 9 heteroatoms. The number of fused-ring (bicyclic) bond motifs is 4. The zero-order valence-electron chi connectivity index (χ0n) is 49.0. The van der Waals surface area contributed by atoms with E-state index in [1.54, 1.807) is 0 Å². The largest absolute Gasteiger partial charge is 1.00 e. The van der Waals surface area contributed by atoms with Crippen LogP contribution in [0.3, 0.4) is 0 Å². The number of hydrogen-bond donors (Lipinski definition) is 1. The first-order valence-electron chi connectivity index (χ1n) is 28.2. The minimum absolute atomic E-state index is 0. The Morgan fingerprint density at radius 2 is 0.671 bits per heavy atom. The van der Waals surface area contributed by atoms with Gasteiger partial charge in [0.05, 0.1) is 48.8 Å². The topological polar surface area (TPSA) is 55.7 Å². The van der Waals surface area contributed by atoms with Gasteiger partial charge in [-0.15, -0.1) is 15.1 Å². The van der Waals surface area contributed by atoms with E-state index in [4.69, 9.17) is 15.3 Å². The van der Waals surface area contributed by atoms with E-state index in [1.807, 2.05) is 0 Å². The van der Waals surface area contributed by atoms with E-state index < -0.39 is 30.9 Å². The Balaban J connectivity index is 0.000000176. The number of pyridine rings is 2. The Bertz CT molecular complexity index is 4060. The van der Waals surface area contributed by atoms with Crippen LogP contribution in [0, 0.1) is 55.4 Å². The maximum atomic E-state index is 5.63. The van der Waals surface area contributed by atoms with Crippen molar-refractivity contribution in [3.05, 3.63) is 183 Å². The van der Waals surface area contributed by atoms with Crippen molar-refractivity contribution in [2.45, 2.75) is 133 Å². The number of hydrogen-bond acceptors (Lipinski definition) is 2. The van der Waals surface area contributed by atoms with Gasteiger partial charge in [0.15, 0.2) is 0 Å². The van der Waals surface area contributed by atoms with Crippen molar-refractivity contribution in [3.8, 4) is 0 Å². The molecular weight excluding hydrogens is 1080 g/mol. The van der Waals surface area contributed by atoms with Gasteiger partial charge in [-0.1, -0.05) is 86.6 Å². The third-order valence-electron chi connectivity index (χ3n) is 15.7. The van der Waals surface area contributed by atoms with E-state index in [1.165, 1.54) is 141 Å². The zero-order chi connectivity index (χ0) is 55.2. The molecule has 0 saturated heterocycles. The summed E-state index contributed by atoms with van der Waals surface area (Å²) in [5.74, 6) is 0. The number of aryl methyl sites for hydroxylation is 8. The van der Waals surface area contributed by atoms with Crippen molar-refractivity contribution >= 4 is 139 Å². The predicted octanol–water partition coefficient (Wildman–Crippen LogP) is 20.6. The van der Waals surface area contributed by atoms with Crippen molar-refractivity contribution in [3.63, 3.8) is 0 Å². The fourth-order valence-electron chi connectivity index (χ4n) is 12.5. The molecule has 0 amide bonds. The summed E-state index contributed by atoms with van der Waals surface area (Å²) in [7, 11) is -3.70. The molecule has 0 aliphatic carbocycles. The van der Waals surface area contributed by atoms with Gasteiger partial charge in [-0.05, 0) is 225 Å². The van der Waals surface area contributed by atoms with E-state index in [-0.39, 0.29) is 17.1 Å². The van der Waals surface area contributed by atoms with Crippen molar-refractivity contribution in [1.29, 1.82) is 0 Å². The Labute approximate surface area is 484 Å². The van der Waals surface area contributed by atoms with Gasteiger partial charge < -0.3 is 10.3 Å². The summed E-state index contributed by atoms with van der Waals surface area (Å²) in [6, 6.07) is 51.5. The Hall–Kier alpha value is -5.32. The molecule has 12 rings (SSSR count). The average molecular weight is 1160 g/mol. The summed E-state index contributed by atoms with van der Waals surface area (Å²) >= 11 is 0. The van der Waals surface area contributed by atoms with Crippen LogP contribution in [0.5, 0.6) is 0 Å². The van der Waals surface area contributed by atoms with E-state index >= 15 is 0 Å². The predicted molar refractivity (Wildman–Crippen MR) is 357 cm³/mol. The number of H-pyrrole nitrogens is 1. The number of aromatic nitrogens is 3. The molecule has 4 heterocycles. The van der Waals surface area contributed by atoms with Gasteiger partial charge in [-0.3, -0.25) is 0 Å². The molecule has 1 aliphatic rings. The summed E-state index contributed by atoms with van der Waals surface area (Å²) in [4.78, 5) is 15.3. The molecule has 4 nitrogen and oxygen atoms in total. The Morgan fingerprint density at radius 3 is 1.05 bits per heavy atom. The summed E-state index contributed by atoms with van der Waals surface area (Å²) in [6.07, 6.45) is 0. The molecule has 0 saturated carbocycles. The van der Waals surface area contributed by atoms with Crippen LogP contribution in [0.1, 0.15) is 111 Å². The summed E-state index contributed by atoms with van der Waals surface area (Å²) < 4.78 is 0. The van der Waals surface area contributed by atoms with E-state index in [9.17, 15) is 0 Å². The molecule has 4 atom stereocenters. The number of nitrogens with one attached hydrogen (secondary N) is 1. The van der Waals surface area contributed by atoms with Gasteiger partial charge >= 0.3 is 17.1 Å². The van der Waals surface area contributed by atoms with Gasteiger partial charge in [0.1, 0.15) is 21.6 Å². The molecule has 1 N–H and O–H groups in total. The molecule has 79 heavy (non-hydrogen) atoms. The zero-order valence-corrected chi connectivity index (χ0v) is 53.8. The molecule has 406 valence electrons. The normalized spacial score (nSPS) is 14.7. The molecule has 0 spiro atoms. The van der Waals surface area contributed by atoms with E-state index in [0.717, 1.165) is 11.4 Å². The second-order valence-corrected chi connectivity index (χ2v) is 35.4. The van der Waals surface area contributed by atoms with E-state index in [0.29, 0.717) is 22.6 Å². The van der Waals surface area contributed by atoms with Crippen LogP contribution in [0.4, 0.5) is 11.4 Å². The van der Waals surface area contributed by atoms with Gasteiger partial charge in [-0.2, -0.15) is 0 Å². The third kappa shape index (κ3) is 10.9. The first-order chi connectivity index (χ1) is 37.2. The molecule has 4 unspecified atom stereocenters.